The highest BCUT2D eigenvalue weighted by Crippen LogP contribution is 2.19. The molecule has 0 spiro atoms. The number of likely N-dealkylation sites (N-methyl/N-ethyl adjacent to an activating group) is 1. The summed E-state index contributed by atoms with van der Waals surface area (Å²) in [6, 6.07) is 4.16. The van der Waals surface area contributed by atoms with Crippen LogP contribution in [-0.2, 0) is 6.42 Å². The summed E-state index contributed by atoms with van der Waals surface area (Å²) in [5.41, 5.74) is 0.193. The Morgan fingerprint density at radius 3 is 2.37 bits per heavy atom. The fourth-order valence-corrected chi connectivity index (χ4v) is 2.88. The molecule has 0 fully saturated rings. The minimum atomic E-state index is -0.448. The number of rotatable bonds is 8. The second-order valence-corrected chi connectivity index (χ2v) is 6.18. The van der Waals surface area contributed by atoms with Gasteiger partial charge >= 0.3 is 0 Å². The molecule has 0 aliphatic rings. The quantitative estimate of drug-likeness (QED) is 0.775. The Hall–Kier alpha value is -0.610. The van der Waals surface area contributed by atoms with E-state index in [1.54, 1.807) is 0 Å². The zero-order valence-electron chi connectivity index (χ0n) is 11.9. The predicted molar refractivity (Wildman–Crippen MR) is 79.7 cm³/mol. The Balaban J connectivity index is 2.67. The molecule has 2 unspecified atom stereocenters. The van der Waals surface area contributed by atoms with Crippen LogP contribution in [-0.4, -0.2) is 23.6 Å². The van der Waals surface area contributed by atoms with Crippen molar-refractivity contribution in [2.24, 2.45) is 0 Å². The molecule has 2 atom stereocenters. The van der Waals surface area contributed by atoms with E-state index in [1.807, 2.05) is 18.7 Å². The van der Waals surface area contributed by atoms with E-state index in [4.69, 9.17) is 0 Å². The molecule has 0 amide bonds. The summed E-state index contributed by atoms with van der Waals surface area (Å²) in [6.07, 6.45) is 1.51. The Labute approximate surface area is 119 Å². The minimum Gasteiger partial charge on any atom is -0.313 e. The summed E-state index contributed by atoms with van der Waals surface area (Å²) in [6.45, 7) is 7.15. The number of thioether (sulfide) groups is 1. The van der Waals surface area contributed by atoms with Crippen molar-refractivity contribution in [1.82, 2.24) is 5.32 Å². The standard InChI is InChI=1S/C15H23F2NS/c1-4-11(3)19-10-12(18-5-2)9-13-14(16)7-6-8-15(13)17/h6-8,11-12,18H,4-5,9-10H2,1-3H3. The maximum atomic E-state index is 13.6. The number of benzene rings is 1. The normalized spacial score (nSPS) is 14.4. The second-order valence-electron chi connectivity index (χ2n) is 4.71. The molecule has 0 aromatic heterocycles. The maximum Gasteiger partial charge on any atom is 0.129 e. The third-order valence-corrected chi connectivity index (χ3v) is 4.66. The molecule has 1 aromatic carbocycles. The average molecular weight is 287 g/mol. The number of halogens is 2. The molecular weight excluding hydrogens is 264 g/mol. The van der Waals surface area contributed by atoms with Crippen molar-refractivity contribution < 1.29 is 8.78 Å². The Bertz CT molecular complexity index is 364. The van der Waals surface area contributed by atoms with Crippen LogP contribution in [0, 0.1) is 11.6 Å². The summed E-state index contributed by atoms with van der Waals surface area (Å²) in [7, 11) is 0. The van der Waals surface area contributed by atoms with E-state index >= 15 is 0 Å². The van der Waals surface area contributed by atoms with Gasteiger partial charge in [-0.1, -0.05) is 26.8 Å². The van der Waals surface area contributed by atoms with Gasteiger partial charge in [0.15, 0.2) is 0 Å². The fourth-order valence-electron chi connectivity index (χ4n) is 1.85. The minimum absolute atomic E-state index is 0.107. The van der Waals surface area contributed by atoms with Gasteiger partial charge in [-0.3, -0.25) is 0 Å². The summed E-state index contributed by atoms with van der Waals surface area (Å²) in [5, 5.41) is 3.89. The van der Waals surface area contributed by atoms with Crippen LogP contribution in [0.4, 0.5) is 8.78 Å². The Morgan fingerprint density at radius 2 is 1.84 bits per heavy atom. The lowest BCUT2D eigenvalue weighted by Gasteiger charge is -2.20. The third kappa shape index (κ3) is 5.49. The predicted octanol–water partition coefficient (Wildman–Crippen LogP) is 4.02. The van der Waals surface area contributed by atoms with E-state index in [2.05, 4.69) is 19.2 Å². The van der Waals surface area contributed by atoms with Crippen molar-refractivity contribution in [3.63, 3.8) is 0 Å². The third-order valence-electron chi connectivity index (χ3n) is 3.16. The van der Waals surface area contributed by atoms with E-state index in [0.717, 1.165) is 18.7 Å². The molecule has 0 bridgehead atoms. The SMILES string of the molecule is CCNC(CSC(C)CC)Cc1c(F)cccc1F. The van der Waals surface area contributed by atoms with Gasteiger partial charge < -0.3 is 5.32 Å². The van der Waals surface area contributed by atoms with Crippen LogP contribution in [0.25, 0.3) is 0 Å². The van der Waals surface area contributed by atoms with Gasteiger partial charge in [0, 0.05) is 22.6 Å². The van der Waals surface area contributed by atoms with Gasteiger partial charge in [-0.15, -0.1) is 0 Å². The number of hydrogen-bond donors (Lipinski definition) is 1. The maximum absolute atomic E-state index is 13.6. The molecule has 1 N–H and O–H groups in total. The van der Waals surface area contributed by atoms with Gasteiger partial charge in [0.2, 0.25) is 0 Å². The number of hydrogen-bond acceptors (Lipinski definition) is 2. The molecule has 19 heavy (non-hydrogen) atoms. The van der Waals surface area contributed by atoms with Gasteiger partial charge in [0.05, 0.1) is 0 Å². The Kier molecular flexibility index (Phi) is 7.39. The lowest BCUT2D eigenvalue weighted by molar-refractivity contribution is 0.511. The highest BCUT2D eigenvalue weighted by molar-refractivity contribution is 7.99. The average Bonchev–Trinajstić information content (AvgIpc) is 2.39. The largest absolute Gasteiger partial charge is 0.313 e. The summed E-state index contributed by atoms with van der Waals surface area (Å²) >= 11 is 1.85. The van der Waals surface area contributed by atoms with Crippen molar-refractivity contribution in [3.8, 4) is 0 Å². The first-order chi connectivity index (χ1) is 9.08. The first-order valence-corrected chi connectivity index (χ1v) is 7.91. The summed E-state index contributed by atoms with van der Waals surface area (Å²) < 4.78 is 27.3. The van der Waals surface area contributed by atoms with Crippen molar-refractivity contribution in [2.45, 2.75) is 44.9 Å². The first kappa shape index (κ1) is 16.4. The molecule has 1 aromatic rings. The van der Waals surface area contributed by atoms with Crippen LogP contribution in [0.1, 0.15) is 32.8 Å². The van der Waals surface area contributed by atoms with Crippen LogP contribution in [0.3, 0.4) is 0 Å². The molecule has 108 valence electrons. The lowest BCUT2D eigenvalue weighted by Crippen LogP contribution is -2.34. The van der Waals surface area contributed by atoms with Crippen LogP contribution < -0.4 is 5.32 Å². The van der Waals surface area contributed by atoms with E-state index < -0.39 is 11.6 Å². The van der Waals surface area contributed by atoms with Crippen molar-refractivity contribution >= 4 is 11.8 Å². The topological polar surface area (TPSA) is 12.0 Å². The van der Waals surface area contributed by atoms with Gasteiger partial charge in [-0.2, -0.15) is 11.8 Å². The molecule has 1 nitrogen and oxygen atoms in total. The van der Waals surface area contributed by atoms with Crippen LogP contribution in [0.5, 0.6) is 0 Å². The Morgan fingerprint density at radius 1 is 1.21 bits per heavy atom. The van der Waals surface area contributed by atoms with Crippen LogP contribution >= 0.6 is 11.8 Å². The van der Waals surface area contributed by atoms with E-state index in [9.17, 15) is 8.78 Å². The molecule has 0 radical (unpaired) electrons. The summed E-state index contributed by atoms with van der Waals surface area (Å²) in [4.78, 5) is 0. The summed E-state index contributed by atoms with van der Waals surface area (Å²) in [5.74, 6) is -0.0238. The van der Waals surface area contributed by atoms with Crippen LogP contribution in [0.2, 0.25) is 0 Å². The molecular formula is C15H23F2NS. The molecule has 0 aliphatic carbocycles. The van der Waals surface area contributed by atoms with Crippen molar-refractivity contribution in [2.75, 3.05) is 12.3 Å². The highest BCUT2D eigenvalue weighted by Gasteiger charge is 2.16. The number of nitrogens with one attached hydrogen (secondary N) is 1. The van der Waals surface area contributed by atoms with Crippen molar-refractivity contribution in [1.29, 1.82) is 0 Å². The lowest BCUT2D eigenvalue weighted by atomic mass is 10.1. The fraction of sp³-hybridized carbons (Fsp3) is 0.600. The molecule has 0 saturated carbocycles. The van der Waals surface area contributed by atoms with Gasteiger partial charge in [-0.05, 0) is 31.5 Å². The smallest absolute Gasteiger partial charge is 0.129 e. The zero-order valence-corrected chi connectivity index (χ0v) is 12.7. The van der Waals surface area contributed by atoms with E-state index in [0.29, 0.717) is 11.7 Å². The second kappa shape index (κ2) is 8.54. The van der Waals surface area contributed by atoms with Crippen LogP contribution in [0.15, 0.2) is 18.2 Å². The molecule has 0 heterocycles. The first-order valence-electron chi connectivity index (χ1n) is 6.86. The van der Waals surface area contributed by atoms with Gasteiger partial charge in [0.25, 0.3) is 0 Å². The van der Waals surface area contributed by atoms with Gasteiger partial charge in [0.1, 0.15) is 11.6 Å². The molecule has 0 saturated heterocycles. The van der Waals surface area contributed by atoms with Crippen molar-refractivity contribution in [3.05, 3.63) is 35.4 Å². The van der Waals surface area contributed by atoms with Gasteiger partial charge in [-0.25, -0.2) is 8.78 Å². The monoisotopic (exact) mass is 287 g/mol. The van der Waals surface area contributed by atoms with E-state index in [1.165, 1.54) is 18.2 Å². The molecule has 1 rings (SSSR count). The van der Waals surface area contributed by atoms with E-state index in [-0.39, 0.29) is 11.6 Å². The molecule has 4 heteroatoms. The zero-order chi connectivity index (χ0) is 14.3. The molecule has 0 aliphatic heterocycles. The highest BCUT2D eigenvalue weighted by atomic mass is 32.2.